The van der Waals surface area contributed by atoms with Gasteiger partial charge in [0, 0.05) is 0 Å². The lowest BCUT2D eigenvalue weighted by atomic mass is 10.1. The van der Waals surface area contributed by atoms with Crippen molar-refractivity contribution in [1.82, 2.24) is 6.15 Å². The van der Waals surface area contributed by atoms with E-state index in [2.05, 4.69) is 6.92 Å². The van der Waals surface area contributed by atoms with E-state index in [4.69, 9.17) is 5.73 Å². The average Bonchev–Trinajstić information content (AvgIpc) is 2.09. The molecule has 14 heavy (non-hydrogen) atoms. The van der Waals surface area contributed by atoms with Crippen LogP contribution in [0.2, 0.25) is 0 Å². The second kappa shape index (κ2) is 12.8. The third kappa shape index (κ3) is 14.3. The molecule has 0 unspecified atom stereocenters. The summed E-state index contributed by atoms with van der Waals surface area (Å²) in [6.07, 6.45) is 7.88. The fourth-order valence-electron chi connectivity index (χ4n) is 1.16. The van der Waals surface area contributed by atoms with Crippen molar-refractivity contribution in [3.05, 3.63) is 0 Å². The van der Waals surface area contributed by atoms with Crippen LogP contribution in [0.3, 0.4) is 0 Å². The molecule has 5 N–H and O–H groups in total. The second-order valence-electron chi connectivity index (χ2n) is 3.29. The van der Waals surface area contributed by atoms with Gasteiger partial charge in [0.2, 0.25) is 5.91 Å². The minimum Gasteiger partial charge on any atom is -0.369 e. The summed E-state index contributed by atoms with van der Waals surface area (Å²) in [6.45, 7) is 2.22. The molecule has 0 saturated heterocycles. The Hall–Kier alpha value is -0.220. The number of nitrogens with two attached hydrogens (primary N) is 1. The monoisotopic (exact) mass is 220 g/mol. The zero-order valence-electron chi connectivity index (χ0n) is 9.26. The molecule has 0 aromatic carbocycles. The first kappa shape index (κ1) is 16.2. The summed E-state index contributed by atoms with van der Waals surface area (Å²) in [5, 5.41) is 0. The largest absolute Gasteiger partial charge is 0.369 e. The molecule has 0 heterocycles. The molecule has 4 heteroatoms. The SMILES string of the molecule is CCCCCCCCSCC(N)=O.N. The molecule has 0 aromatic heterocycles. The summed E-state index contributed by atoms with van der Waals surface area (Å²) < 4.78 is 0. The Bertz CT molecular complexity index is 131. The van der Waals surface area contributed by atoms with Crippen molar-refractivity contribution in [2.45, 2.75) is 45.4 Å². The van der Waals surface area contributed by atoms with E-state index in [0.29, 0.717) is 5.75 Å². The highest BCUT2D eigenvalue weighted by atomic mass is 32.2. The molecule has 0 atom stereocenters. The van der Waals surface area contributed by atoms with Crippen molar-refractivity contribution in [1.29, 1.82) is 0 Å². The van der Waals surface area contributed by atoms with Crippen molar-refractivity contribution in [2.24, 2.45) is 5.73 Å². The van der Waals surface area contributed by atoms with Crippen LogP contribution in [0.4, 0.5) is 0 Å². The van der Waals surface area contributed by atoms with Gasteiger partial charge in [0.1, 0.15) is 0 Å². The second-order valence-corrected chi connectivity index (χ2v) is 4.39. The van der Waals surface area contributed by atoms with Gasteiger partial charge in [-0.1, -0.05) is 39.0 Å². The number of hydrogen-bond acceptors (Lipinski definition) is 3. The molecule has 0 fully saturated rings. The predicted octanol–water partition coefficient (Wildman–Crippen LogP) is 2.73. The number of unbranched alkanes of at least 4 members (excludes halogenated alkanes) is 5. The maximum absolute atomic E-state index is 10.4. The highest BCUT2D eigenvalue weighted by molar-refractivity contribution is 7.99. The number of carbonyl (C=O) groups excluding carboxylic acids is 1. The smallest absolute Gasteiger partial charge is 0.227 e. The number of hydrogen-bond donors (Lipinski definition) is 2. The molecule has 1 amide bonds. The van der Waals surface area contributed by atoms with Gasteiger partial charge in [0.15, 0.2) is 0 Å². The Morgan fingerprint density at radius 1 is 1.14 bits per heavy atom. The van der Waals surface area contributed by atoms with E-state index < -0.39 is 0 Å². The first-order valence-corrected chi connectivity index (χ1v) is 6.29. The lowest BCUT2D eigenvalue weighted by molar-refractivity contribution is -0.115. The summed E-state index contributed by atoms with van der Waals surface area (Å²) in [4.78, 5) is 10.4. The summed E-state index contributed by atoms with van der Waals surface area (Å²) in [5.74, 6) is 1.36. The molecule has 0 aliphatic rings. The molecule has 0 radical (unpaired) electrons. The lowest BCUT2D eigenvalue weighted by Crippen LogP contribution is -2.13. The Morgan fingerprint density at radius 2 is 1.71 bits per heavy atom. The van der Waals surface area contributed by atoms with E-state index in [-0.39, 0.29) is 12.1 Å². The van der Waals surface area contributed by atoms with Gasteiger partial charge in [0.05, 0.1) is 5.75 Å². The number of carbonyl (C=O) groups is 1. The normalized spacial score (nSPS) is 9.50. The first-order chi connectivity index (χ1) is 6.27. The Morgan fingerprint density at radius 3 is 2.29 bits per heavy atom. The van der Waals surface area contributed by atoms with Crippen molar-refractivity contribution in [3.8, 4) is 0 Å². The Balaban J connectivity index is 0. The van der Waals surface area contributed by atoms with Crippen LogP contribution in [-0.2, 0) is 4.79 Å². The molecule has 0 bridgehead atoms. The molecule has 0 aliphatic carbocycles. The molecule has 0 aromatic rings. The molecule has 0 aliphatic heterocycles. The minimum absolute atomic E-state index is 0. The third-order valence-corrected chi connectivity index (χ3v) is 2.95. The summed E-state index contributed by atoms with van der Waals surface area (Å²) in [5.41, 5.74) is 5.01. The zero-order chi connectivity index (χ0) is 9.94. The molecule has 0 rings (SSSR count). The fourth-order valence-corrected chi connectivity index (χ4v) is 1.91. The highest BCUT2D eigenvalue weighted by Gasteiger charge is 1.94. The van der Waals surface area contributed by atoms with Gasteiger partial charge in [0.25, 0.3) is 0 Å². The van der Waals surface area contributed by atoms with Crippen LogP contribution in [-0.4, -0.2) is 17.4 Å². The molecular formula is C10H24N2OS. The van der Waals surface area contributed by atoms with Gasteiger partial charge < -0.3 is 11.9 Å². The van der Waals surface area contributed by atoms with Crippen LogP contribution in [0.15, 0.2) is 0 Å². The molecule has 0 saturated carbocycles. The highest BCUT2D eigenvalue weighted by Crippen LogP contribution is 2.08. The van der Waals surface area contributed by atoms with Crippen LogP contribution in [0, 0.1) is 0 Å². The average molecular weight is 220 g/mol. The van der Waals surface area contributed by atoms with Crippen molar-refractivity contribution in [2.75, 3.05) is 11.5 Å². The molecule has 86 valence electrons. The van der Waals surface area contributed by atoms with Crippen LogP contribution in [0.5, 0.6) is 0 Å². The van der Waals surface area contributed by atoms with E-state index in [1.54, 1.807) is 11.8 Å². The first-order valence-electron chi connectivity index (χ1n) is 5.13. The standard InChI is InChI=1S/C10H21NOS.H3N/c1-2-3-4-5-6-7-8-13-9-10(11)12;/h2-9H2,1H3,(H2,11,12);1H3. The van der Waals surface area contributed by atoms with Crippen molar-refractivity contribution < 1.29 is 4.79 Å². The quantitative estimate of drug-likeness (QED) is 0.586. The Labute approximate surface area is 91.8 Å². The summed E-state index contributed by atoms with van der Waals surface area (Å²) in [7, 11) is 0. The molecular weight excluding hydrogens is 196 g/mol. The summed E-state index contributed by atoms with van der Waals surface area (Å²) in [6, 6.07) is 0. The van der Waals surface area contributed by atoms with E-state index in [1.165, 1.54) is 38.5 Å². The summed E-state index contributed by atoms with van der Waals surface area (Å²) >= 11 is 1.65. The van der Waals surface area contributed by atoms with Gasteiger partial charge in [-0.05, 0) is 12.2 Å². The van der Waals surface area contributed by atoms with Gasteiger partial charge in [-0.15, -0.1) is 0 Å². The predicted molar refractivity (Wildman–Crippen MR) is 64.9 cm³/mol. The van der Waals surface area contributed by atoms with Crippen LogP contribution < -0.4 is 11.9 Å². The van der Waals surface area contributed by atoms with E-state index in [1.807, 2.05) is 0 Å². The van der Waals surface area contributed by atoms with Gasteiger partial charge in [-0.2, -0.15) is 11.8 Å². The van der Waals surface area contributed by atoms with E-state index in [9.17, 15) is 4.79 Å². The van der Waals surface area contributed by atoms with Crippen LogP contribution in [0.1, 0.15) is 45.4 Å². The lowest BCUT2D eigenvalue weighted by Gasteiger charge is -1.99. The van der Waals surface area contributed by atoms with Gasteiger partial charge >= 0.3 is 0 Å². The topological polar surface area (TPSA) is 78.1 Å². The van der Waals surface area contributed by atoms with Crippen LogP contribution >= 0.6 is 11.8 Å². The van der Waals surface area contributed by atoms with Gasteiger partial charge in [-0.3, -0.25) is 4.79 Å². The maximum Gasteiger partial charge on any atom is 0.227 e. The zero-order valence-corrected chi connectivity index (χ0v) is 10.1. The number of amides is 1. The van der Waals surface area contributed by atoms with Gasteiger partial charge in [-0.25, -0.2) is 0 Å². The van der Waals surface area contributed by atoms with E-state index >= 15 is 0 Å². The van der Waals surface area contributed by atoms with Crippen molar-refractivity contribution in [3.63, 3.8) is 0 Å². The number of thioether (sulfide) groups is 1. The fraction of sp³-hybridized carbons (Fsp3) is 0.900. The molecule has 0 spiro atoms. The number of rotatable bonds is 9. The maximum atomic E-state index is 10.4. The minimum atomic E-state index is -0.198. The third-order valence-electron chi connectivity index (χ3n) is 1.89. The van der Waals surface area contributed by atoms with E-state index in [0.717, 1.165) is 5.75 Å². The molecule has 3 nitrogen and oxygen atoms in total. The Kier molecular flexibility index (Phi) is 14.8. The number of primary amides is 1. The van der Waals surface area contributed by atoms with Crippen molar-refractivity contribution >= 4 is 17.7 Å². The van der Waals surface area contributed by atoms with Crippen LogP contribution in [0.25, 0.3) is 0 Å².